The highest BCUT2D eigenvalue weighted by Gasteiger charge is 2.28. The molecule has 0 aromatic carbocycles. The lowest BCUT2D eigenvalue weighted by molar-refractivity contribution is -0.870. The lowest BCUT2D eigenvalue weighted by Gasteiger charge is -2.25. The van der Waals surface area contributed by atoms with Gasteiger partial charge in [0.25, 0.3) is 0 Å². The Balaban J connectivity index is 4.06. The molecule has 0 aliphatic carbocycles. The van der Waals surface area contributed by atoms with Crippen LogP contribution in [0.4, 0.5) is 0 Å². The molecule has 0 fully saturated rings. The van der Waals surface area contributed by atoms with Gasteiger partial charge in [0, 0.05) is 6.42 Å². The maximum Gasteiger partial charge on any atom is 0.472 e. The first-order valence-corrected chi connectivity index (χ1v) is 37.0. The van der Waals surface area contributed by atoms with Gasteiger partial charge in [-0.15, -0.1) is 0 Å². The Hall–Kier alpha value is -2.32. The minimum absolute atomic E-state index is 0.0603. The number of quaternary nitrogens is 1. The number of carbonyl (C=O) groups is 1. The smallest absolute Gasteiger partial charge is 0.387 e. The fourth-order valence-corrected chi connectivity index (χ4v) is 11.1. The van der Waals surface area contributed by atoms with Crippen LogP contribution < -0.4 is 5.32 Å². The van der Waals surface area contributed by atoms with Crippen molar-refractivity contribution in [2.75, 3.05) is 40.9 Å². The number of aliphatic hydroxyl groups is 1. The summed E-state index contributed by atoms with van der Waals surface area (Å²) in [7, 11) is 1.58. The topological polar surface area (TPSA) is 105 Å². The van der Waals surface area contributed by atoms with E-state index in [1.807, 2.05) is 27.2 Å². The Bertz CT molecular complexity index is 1630. The Labute approximate surface area is 516 Å². The number of aliphatic hydroxyl groups excluding tert-OH is 1. The van der Waals surface area contributed by atoms with E-state index in [9.17, 15) is 19.4 Å². The van der Waals surface area contributed by atoms with Crippen molar-refractivity contribution in [2.24, 2.45) is 0 Å². The standard InChI is InChI=1S/C74H137N2O6P/c1-6-8-10-12-14-16-18-20-22-24-26-28-30-32-34-35-36-37-38-39-40-41-42-44-46-48-50-52-54-56-58-60-62-64-66-68-74(78)75-72(71-82-83(79,80)81-70-69-76(3,4)5)73(77)67-65-63-61-59-57-55-53-51-49-47-45-43-33-31-29-27-25-23-21-19-17-15-13-11-9-7-2/h8,10,14,16,20,22,26,28,32,34,36-37,65,67,72-73,77H,6-7,9,11-13,15,17-19,21,23-25,27,29-31,33,35,38-64,66,68-71H2,1-5H3,(H-,75,78,79,80)/p+1/b10-8-,16-14-,22-20-,28-26-,34-32-,37-36-,67-65+. The lowest BCUT2D eigenvalue weighted by atomic mass is 10.0. The molecular formula is C74H138N2O6P+. The SMILES string of the molecule is CC/C=C\C/C=C\C/C=C\C/C=C\C/C=C\C/C=C\CCCCCCCCCCCCCCCCCCC(=O)NC(COP(=O)(O)OCC[N+](C)(C)C)C(O)/C=C/CCCCCCCCCCCCCCCCCCCCCCCCCC. The predicted octanol–water partition coefficient (Wildman–Crippen LogP) is 22.7. The van der Waals surface area contributed by atoms with Crippen LogP contribution in [0, 0.1) is 0 Å². The first-order valence-electron chi connectivity index (χ1n) is 35.5. The van der Waals surface area contributed by atoms with E-state index in [1.165, 1.54) is 231 Å². The Morgan fingerprint density at radius 2 is 0.723 bits per heavy atom. The van der Waals surface area contributed by atoms with Gasteiger partial charge in [0.05, 0.1) is 39.9 Å². The molecule has 3 N–H and O–H groups in total. The van der Waals surface area contributed by atoms with Crippen LogP contribution in [0.2, 0.25) is 0 Å². The highest BCUT2D eigenvalue weighted by Crippen LogP contribution is 2.43. The van der Waals surface area contributed by atoms with Gasteiger partial charge in [-0.25, -0.2) is 4.57 Å². The van der Waals surface area contributed by atoms with Crippen molar-refractivity contribution >= 4 is 13.7 Å². The summed E-state index contributed by atoms with van der Waals surface area (Å²) in [5, 5.41) is 14.0. The van der Waals surface area contributed by atoms with E-state index in [4.69, 9.17) is 9.05 Å². The summed E-state index contributed by atoms with van der Waals surface area (Å²) in [6.07, 6.45) is 91.6. The number of phosphoric ester groups is 1. The van der Waals surface area contributed by atoms with Gasteiger partial charge in [0.15, 0.2) is 0 Å². The monoisotopic (exact) mass is 1180 g/mol. The number of likely N-dealkylation sites (N-methyl/N-ethyl adjacent to an activating group) is 1. The van der Waals surface area contributed by atoms with Gasteiger partial charge in [-0.05, 0) is 70.6 Å². The first-order chi connectivity index (χ1) is 40.5. The molecule has 0 saturated carbocycles. The molecule has 0 rings (SSSR count). The quantitative estimate of drug-likeness (QED) is 0.0243. The van der Waals surface area contributed by atoms with Crippen molar-refractivity contribution in [3.63, 3.8) is 0 Å². The second kappa shape index (κ2) is 64.2. The van der Waals surface area contributed by atoms with Gasteiger partial charge < -0.3 is 19.8 Å². The molecular weight excluding hydrogens is 1040 g/mol. The van der Waals surface area contributed by atoms with Crippen LogP contribution >= 0.6 is 7.82 Å². The highest BCUT2D eigenvalue weighted by molar-refractivity contribution is 7.47. The maximum absolute atomic E-state index is 13.1. The number of hydrogen-bond acceptors (Lipinski definition) is 5. The van der Waals surface area contributed by atoms with E-state index in [0.29, 0.717) is 17.4 Å². The van der Waals surface area contributed by atoms with E-state index in [1.54, 1.807) is 6.08 Å². The van der Waals surface area contributed by atoms with Crippen LogP contribution in [0.1, 0.15) is 328 Å². The minimum Gasteiger partial charge on any atom is -0.387 e. The summed E-state index contributed by atoms with van der Waals surface area (Å²) >= 11 is 0. The largest absolute Gasteiger partial charge is 0.472 e. The number of phosphoric acid groups is 1. The summed E-state index contributed by atoms with van der Waals surface area (Å²) in [6, 6.07) is -0.851. The second-order valence-electron chi connectivity index (χ2n) is 25.2. The molecule has 3 unspecified atom stereocenters. The van der Waals surface area contributed by atoms with Crippen LogP contribution in [0.5, 0.6) is 0 Å². The molecule has 3 atom stereocenters. The first kappa shape index (κ1) is 80.7. The molecule has 8 nitrogen and oxygen atoms in total. The summed E-state index contributed by atoms with van der Waals surface area (Å²) in [5.74, 6) is -0.174. The zero-order valence-electron chi connectivity index (χ0n) is 55.4. The van der Waals surface area contributed by atoms with E-state index >= 15 is 0 Å². The Morgan fingerprint density at radius 3 is 1.06 bits per heavy atom. The summed E-state index contributed by atoms with van der Waals surface area (Å²) in [6.45, 7) is 4.74. The molecule has 484 valence electrons. The number of hydrogen-bond donors (Lipinski definition) is 3. The van der Waals surface area contributed by atoms with Gasteiger partial charge in [0.2, 0.25) is 5.91 Å². The third-order valence-electron chi connectivity index (χ3n) is 15.9. The van der Waals surface area contributed by atoms with Crippen LogP contribution in [0.15, 0.2) is 85.1 Å². The van der Waals surface area contributed by atoms with Crippen LogP contribution in [0.25, 0.3) is 0 Å². The van der Waals surface area contributed by atoms with E-state index < -0.39 is 20.0 Å². The van der Waals surface area contributed by atoms with E-state index in [0.717, 1.165) is 77.0 Å². The fraction of sp³-hybridized carbons (Fsp3) is 0.797. The van der Waals surface area contributed by atoms with Crippen molar-refractivity contribution in [3.8, 4) is 0 Å². The normalized spacial score (nSPS) is 14.2. The number of allylic oxidation sites excluding steroid dienone is 13. The molecule has 0 radical (unpaired) electrons. The molecule has 0 aliphatic rings. The van der Waals surface area contributed by atoms with Crippen molar-refractivity contribution in [2.45, 2.75) is 341 Å². The van der Waals surface area contributed by atoms with Gasteiger partial charge in [0.1, 0.15) is 13.2 Å². The van der Waals surface area contributed by atoms with Crippen molar-refractivity contribution < 1.29 is 32.9 Å². The van der Waals surface area contributed by atoms with Gasteiger partial charge in [-0.2, -0.15) is 0 Å². The van der Waals surface area contributed by atoms with Crippen LogP contribution in [-0.4, -0.2) is 73.4 Å². The number of unbranched alkanes of at least 4 members (excludes halogenated alkanes) is 40. The number of nitrogens with one attached hydrogen (secondary N) is 1. The third kappa shape index (κ3) is 67.1. The van der Waals surface area contributed by atoms with Crippen molar-refractivity contribution in [1.82, 2.24) is 5.32 Å². The molecule has 9 heteroatoms. The lowest BCUT2D eigenvalue weighted by Crippen LogP contribution is -2.45. The highest BCUT2D eigenvalue weighted by atomic mass is 31.2. The molecule has 0 heterocycles. The number of rotatable bonds is 65. The van der Waals surface area contributed by atoms with Gasteiger partial charge >= 0.3 is 7.82 Å². The van der Waals surface area contributed by atoms with Gasteiger partial charge in [-0.1, -0.05) is 336 Å². The van der Waals surface area contributed by atoms with Crippen molar-refractivity contribution in [1.29, 1.82) is 0 Å². The summed E-state index contributed by atoms with van der Waals surface area (Å²) in [4.78, 5) is 23.4. The molecule has 0 aromatic heterocycles. The van der Waals surface area contributed by atoms with Gasteiger partial charge in [-0.3, -0.25) is 13.8 Å². The van der Waals surface area contributed by atoms with Crippen LogP contribution in [-0.2, 0) is 18.4 Å². The fourth-order valence-electron chi connectivity index (χ4n) is 10.4. The molecule has 0 saturated heterocycles. The number of amides is 1. The average molecular weight is 1180 g/mol. The average Bonchev–Trinajstić information content (AvgIpc) is 3.49. The molecule has 0 spiro atoms. The summed E-state index contributed by atoms with van der Waals surface area (Å²) < 4.78 is 23.8. The molecule has 0 aromatic rings. The summed E-state index contributed by atoms with van der Waals surface area (Å²) in [5.41, 5.74) is 0. The molecule has 1 amide bonds. The zero-order valence-corrected chi connectivity index (χ0v) is 56.3. The van der Waals surface area contributed by atoms with E-state index in [-0.39, 0.29) is 19.1 Å². The minimum atomic E-state index is -4.36. The Morgan fingerprint density at radius 1 is 0.422 bits per heavy atom. The molecule has 0 aliphatic heterocycles. The predicted molar refractivity (Wildman–Crippen MR) is 364 cm³/mol. The number of nitrogens with zero attached hydrogens (tertiary/aromatic N) is 1. The zero-order chi connectivity index (χ0) is 60.5. The van der Waals surface area contributed by atoms with E-state index in [2.05, 4.69) is 92.1 Å². The molecule has 83 heavy (non-hydrogen) atoms. The second-order valence-corrected chi connectivity index (χ2v) is 26.7. The maximum atomic E-state index is 13.1. The van der Waals surface area contributed by atoms with Crippen LogP contribution in [0.3, 0.4) is 0 Å². The Kier molecular flexibility index (Phi) is 62.4. The molecule has 0 bridgehead atoms. The number of carbonyl (C=O) groups excluding carboxylic acids is 1. The van der Waals surface area contributed by atoms with Crippen molar-refractivity contribution in [3.05, 3.63) is 85.1 Å². The third-order valence-corrected chi connectivity index (χ3v) is 16.9.